The molecule has 0 aromatic heterocycles. The molecule has 0 aliphatic carbocycles. The molecule has 0 saturated carbocycles. The second kappa shape index (κ2) is 6.76. The molecule has 5 heteroatoms. The molecule has 0 bridgehead atoms. The number of nitrogens with one attached hydrogen (secondary N) is 2. The Kier molecular flexibility index (Phi) is 5.27. The first-order chi connectivity index (χ1) is 9.44. The third-order valence-electron chi connectivity index (χ3n) is 3.95. The zero-order valence-corrected chi connectivity index (χ0v) is 12.9. The predicted molar refractivity (Wildman–Crippen MR) is 77.7 cm³/mol. The van der Waals surface area contributed by atoms with E-state index in [1.54, 1.807) is 0 Å². The minimum atomic E-state index is -0.441. The van der Waals surface area contributed by atoms with Gasteiger partial charge >= 0.3 is 6.09 Å². The van der Waals surface area contributed by atoms with E-state index >= 15 is 0 Å². The van der Waals surface area contributed by atoms with Gasteiger partial charge in [-0.15, -0.1) is 0 Å². The van der Waals surface area contributed by atoms with Gasteiger partial charge in [0.15, 0.2) is 0 Å². The van der Waals surface area contributed by atoms with Crippen LogP contribution in [0.15, 0.2) is 0 Å². The van der Waals surface area contributed by atoms with Gasteiger partial charge < -0.3 is 20.1 Å². The summed E-state index contributed by atoms with van der Waals surface area (Å²) in [5.74, 6) is 0.625. The van der Waals surface area contributed by atoms with E-state index in [2.05, 4.69) is 10.6 Å². The highest BCUT2D eigenvalue weighted by atomic mass is 16.6. The molecule has 0 unspecified atom stereocenters. The molecule has 116 valence electrons. The van der Waals surface area contributed by atoms with Crippen LogP contribution in [0.25, 0.3) is 0 Å². The van der Waals surface area contributed by atoms with Gasteiger partial charge in [-0.2, -0.15) is 0 Å². The van der Waals surface area contributed by atoms with E-state index in [4.69, 9.17) is 9.47 Å². The molecule has 2 saturated heterocycles. The largest absolute Gasteiger partial charge is 0.444 e. The highest BCUT2D eigenvalue weighted by Crippen LogP contribution is 2.26. The molecule has 0 radical (unpaired) electrons. The molecule has 2 N–H and O–H groups in total. The average Bonchev–Trinajstić information content (AvgIpc) is 2.38. The van der Waals surface area contributed by atoms with Crippen LogP contribution in [0, 0.1) is 5.92 Å². The molecular formula is C15H28N2O3. The molecule has 2 rings (SSSR count). The first-order valence-electron chi connectivity index (χ1n) is 7.76. The van der Waals surface area contributed by atoms with Gasteiger partial charge in [0.1, 0.15) is 5.60 Å². The number of piperidine rings is 1. The van der Waals surface area contributed by atoms with Crippen molar-refractivity contribution < 1.29 is 14.3 Å². The molecule has 0 aromatic carbocycles. The Bertz CT molecular complexity index is 322. The highest BCUT2D eigenvalue weighted by molar-refractivity contribution is 5.68. The Hall–Kier alpha value is -0.810. The summed E-state index contributed by atoms with van der Waals surface area (Å²) in [6, 6.07) is 0.179. The maximum absolute atomic E-state index is 11.8. The van der Waals surface area contributed by atoms with E-state index in [1.165, 1.54) is 12.8 Å². The number of carbonyl (C=O) groups is 1. The monoisotopic (exact) mass is 284 g/mol. The van der Waals surface area contributed by atoms with Crippen LogP contribution >= 0.6 is 0 Å². The van der Waals surface area contributed by atoms with Gasteiger partial charge in [-0.1, -0.05) is 0 Å². The first kappa shape index (κ1) is 15.6. The Morgan fingerprint density at radius 3 is 2.60 bits per heavy atom. The molecule has 0 spiro atoms. The van der Waals surface area contributed by atoms with Crippen LogP contribution in [0.2, 0.25) is 0 Å². The molecule has 2 atom stereocenters. The zero-order valence-electron chi connectivity index (χ0n) is 12.9. The number of hydrogen-bond donors (Lipinski definition) is 2. The smallest absolute Gasteiger partial charge is 0.407 e. The molecule has 5 nitrogen and oxygen atoms in total. The van der Waals surface area contributed by atoms with Crippen LogP contribution in [0.4, 0.5) is 4.79 Å². The van der Waals surface area contributed by atoms with Gasteiger partial charge in [0.05, 0.1) is 6.10 Å². The Morgan fingerprint density at radius 1 is 1.25 bits per heavy atom. The summed E-state index contributed by atoms with van der Waals surface area (Å²) in [6.45, 7) is 8.54. The maximum Gasteiger partial charge on any atom is 0.407 e. The lowest BCUT2D eigenvalue weighted by molar-refractivity contribution is -0.0410. The lowest BCUT2D eigenvalue weighted by Gasteiger charge is -2.37. The molecule has 2 fully saturated rings. The average molecular weight is 284 g/mol. The number of rotatable bonds is 2. The minimum Gasteiger partial charge on any atom is -0.444 e. The van der Waals surface area contributed by atoms with E-state index in [0.29, 0.717) is 5.92 Å². The number of amides is 1. The van der Waals surface area contributed by atoms with Crippen molar-refractivity contribution in [1.82, 2.24) is 10.6 Å². The van der Waals surface area contributed by atoms with Crippen LogP contribution in [0.3, 0.4) is 0 Å². The number of alkyl carbamates (subject to hydrolysis) is 1. The van der Waals surface area contributed by atoms with E-state index in [-0.39, 0.29) is 18.2 Å². The lowest BCUT2D eigenvalue weighted by atomic mass is 9.86. The zero-order chi connectivity index (χ0) is 14.6. The second-order valence-corrected chi connectivity index (χ2v) is 6.86. The molecular weight excluding hydrogens is 256 g/mol. The van der Waals surface area contributed by atoms with Crippen molar-refractivity contribution in [2.45, 2.75) is 64.2 Å². The number of ether oxygens (including phenoxy) is 2. The maximum atomic E-state index is 11.8. The third kappa shape index (κ3) is 4.94. The summed E-state index contributed by atoms with van der Waals surface area (Å²) < 4.78 is 11.2. The summed E-state index contributed by atoms with van der Waals surface area (Å²) >= 11 is 0. The predicted octanol–water partition coefficient (Wildman–Crippen LogP) is 2.06. The summed E-state index contributed by atoms with van der Waals surface area (Å²) in [4.78, 5) is 11.8. The van der Waals surface area contributed by atoms with Crippen LogP contribution in [-0.2, 0) is 9.47 Å². The highest BCUT2D eigenvalue weighted by Gasteiger charge is 2.31. The summed E-state index contributed by atoms with van der Waals surface area (Å²) in [5.41, 5.74) is -0.441. The fraction of sp³-hybridized carbons (Fsp3) is 0.933. The van der Waals surface area contributed by atoms with Crippen molar-refractivity contribution in [1.29, 1.82) is 0 Å². The second-order valence-electron chi connectivity index (χ2n) is 6.86. The Morgan fingerprint density at radius 2 is 1.95 bits per heavy atom. The van der Waals surface area contributed by atoms with Crippen molar-refractivity contribution in [3.05, 3.63) is 0 Å². The van der Waals surface area contributed by atoms with Gasteiger partial charge in [-0.25, -0.2) is 4.79 Å². The Balaban J connectivity index is 1.79. The van der Waals surface area contributed by atoms with Gasteiger partial charge in [-0.05, 0) is 65.5 Å². The molecule has 0 aromatic rings. The van der Waals surface area contributed by atoms with E-state index in [1.807, 2.05) is 20.8 Å². The van der Waals surface area contributed by atoms with E-state index < -0.39 is 5.60 Å². The van der Waals surface area contributed by atoms with E-state index in [9.17, 15) is 4.79 Å². The quantitative estimate of drug-likeness (QED) is 0.815. The van der Waals surface area contributed by atoms with Crippen molar-refractivity contribution in [3.63, 3.8) is 0 Å². The SMILES string of the molecule is CC(C)(C)OC(=O)N[C@H]1CCO[C@@H](C2CCNCC2)C1. The fourth-order valence-electron chi connectivity index (χ4n) is 2.98. The standard InChI is InChI=1S/C15H28N2O3/c1-15(2,3)20-14(18)17-12-6-9-19-13(10-12)11-4-7-16-8-5-11/h11-13,16H,4-10H2,1-3H3,(H,17,18)/t12-,13+/m0/s1. The van der Waals surface area contributed by atoms with Crippen molar-refractivity contribution in [3.8, 4) is 0 Å². The summed E-state index contributed by atoms with van der Waals surface area (Å²) in [6.07, 6.45) is 4.09. The topological polar surface area (TPSA) is 59.6 Å². The normalized spacial score (nSPS) is 28.9. The minimum absolute atomic E-state index is 0.179. The molecule has 2 aliphatic heterocycles. The van der Waals surface area contributed by atoms with Crippen molar-refractivity contribution in [2.24, 2.45) is 5.92 Å². The summed E-state index contributed by atoms with van der Waals surface area (Å²) in [7, 11) is 0. The molecule has 20 heavy (non-hydrogen) atoms. The van der Waals surface area contributed by atoms with Gasteiger partial charge in [0, 0.05) is 12.6 Å². The fourth-order valence-corrected chi connectivity index (χ4v) is 2.98. The van der Waals surface area contributed by atoms with Crippen LogP contribution in [-0.4, -0.2) is 43.5 Å². The van der Waals surface area contributed by atoms with E-state index in [0.717, 1.165) is 32.5 Å². The molecule has 2 heterocycles. The van der Waals surface area contributed by atoms with Crippen LogP contribution in [0.5, 0.6) is 0 Å². The van der Waals surface area contributed by atoms with Gasteiger partial charge in [0.2, 0.25) is 0 Å². The van der Waals surface area contributed by atoms with Crippen molar-refractivity contribution in [2.75, 3.05) is 19.7 Å². The Labute approximate surface area is 121 Å². The summed E-state index contributed by atoms with van der Waals surface area (Å²) in [5, 5.41) is 6.37. The van der Waals surface area contributed by atoms with Crippen LogP contribution in [0.1, 0.15) is 46.5 Å². The number of hydrogen-bond acceptors (Lipinski definition) is 4. The van der Waals surface area contributed by atoms with Crippen LogP contribution < -0.4 is 10.6 Å². The first-order valence-corrected chi connectivity index (χ1v) is 7.76. The molecule has 1 amide bonds. The third-order valence-corrected chi connectivity index (χ3v) is 3.95. The number of carbonyl (C=O) groups excluding carboxylic acids is 1. The lowest BCUT2D eigenvalue weighted by Crippen LogP contribution is -2.47. The van der Waals surface area contributed by atoms with Gasteiger partial charge in [-0.3, -0.25) is 0 Å². The van der Waals surface area contributed by atoms with Crippen molar-refractivity contribution >= 4 is 6.09 Å². The molecule has 2 aliphatic rings. The van der Waals surface area contributed by atoms with Gasteiger partial charge in [0.25, 0.3) is 0 Å².